The molecule has 0 saturated heterocycles. The largest absolute Gasteiger partial charge is 0.369 e. The Morgan fingerprint density at radius 1 is 0.818 bits per heavy atom. The van der Waals surface area contributed by atoms with Gasteiger partial charge in [-0.1, -0.05) is 12.1 Å². The Morgan fingerprint density at radius 2 is 1.76 bits per heavy atom. The Hall–Kier alpha value is -4.26. The second kappa shape index (κ2) is 9.08. The van der Waals surface area contributed by atoms with Crippen molar-refractivity contribution in [3.8, 4) is 22.5 Å². The van der Waals surface area contributed by atoms with E-state index < -0.39 is 11.6 Å². The minimum Gasteiger partial charge on any atom is -0.369 e. The fourth-order valence-electron chi connectivity index (χ4n) is 3.63. The van der Waals surface area contributed by atoms with Crippen LogP contribution < -0.4 is 5.32 Å². The number of halogens is 2. The van der Waals surface area contributed by atoms with E-state index in [1.165, 1.54) is 6.07 Å². The molecule has 5 rings (SSSR count). The Labute approximate surface area is 189 Å². The molecule has 0 saturated carbocycles. The van der Waals surface area contributed by atoms with Gasteiger partial charge in [0.15, 0.2) is 5.82 Å². The summed E-state index contributed by atoms with van der Waals surface area (Å²) in [6.45, 7) is 0.591. The third-order valence-corrected chi connectivity index (χ3v) is 5.25. The summed E-state index contributed by atoms with van der Waals surface area (Å²) in [5.74, 6) is 0.144. The summed E-state index contributed by atoms with van der Waals surface area (Å²) in [4.78, 5) is 17.9. The second-order valence-corrected chi connectivity index (χ2v) is 7.49. The molecule has 3 heterocycles. The maximum Gasteiger partial charge on any atom is 0.163 e. The zero-order valence-corrected chi connectivity index (χ0v) is 17.5. The molecule has 0 unspecified atom stereocenters. The van der Waals surface area contributed by atoms with E-state index in [2.05, 4.69) is 20.3 Å². The van der Waals surface area contributed by atoms with E-state index in [9.17, 15) is 8.78 Å². The molecule has 33 heavy (non-hydrogen) atoms. The number of fused-ring (bicyclic) bond motifs is 1. The highest BCUT2D eigenvalue weighted by Gasteiger charge is 2.13. The number of nitrogens with zero attached hydrogens (tertiary/aromatic N) is 4. The van der Waals surface area contributed by atoms with E-state index in [-0.39, 0.29) is 5.56 Å². The van der Waals surface area contributed by atoms with Gasteiger partial charge in [0.2, 0.25) is 0 Å². The van der Waals surface area contributed by atoms with Gasteiger partial charge in [0.05, 0.1) is 5.52 Å². The lowest BCUT2D eigenvalue weighted by Crippen LogP contribution is -2.09. The number of hydrogen-bond donors (Lipinski definition) is 1. The number of rotatable bonds is 6. The van der Waals surface area contributed by atoms with Crippen molar-refractivity contribution < 1.29 is 8.78 Å². The smallest absolute Gasteiger partial charge is 0.163 e. The van der Waals surface area contributed by atoms with Crippen LogP contribution in [0.15, 0.2) is 85.3 Å². The van der Waals surface area contributed by atoms with Crippen molar-refractivity contribution in [3.05, 3.63) is 103 Å². The molecule has 5 aromatic rings. The molecule has 1 N–H and O–H groups in total. The SMILES string of the molecule is Fc1ccc(F)c(-c2ccc3nc(-c4cccnc4)nc(NCCc4ccccn4)c3c2)c1. The first-order valence-electron chi connectivity index (χ1n) is 10.5. The maximum absolute atomic E-state index is 14.4. The molecular weight excluding hydrogens is 420 g/mol. The highest BCUT2D eigenvalue weighted by molar-refractivity contribution is 5.94. The molecular formula is C26H19F2N5. The van der Waals surface area contributed by atoms with E-state index in [1.54, 1.807) is 36.8 Å². The van der Waals surface area contributed by atoms with Gasteiger partial charge in [-0.05, 0) is 60.2 Å². The van der Waals surface area contributed by atoms with Gasteiger partial charge in [-0.15, -0.1) is 0 Å². The van der Waals surface area contributed by atoms with E-state index in [4.69, 9.17) is 4.98 Å². The van der Waals surface area contributed by atoms with Crippen LogP contribution in [0.2, 0.25) is 0 Å². The average molecular weight is 439 g/mol. The predicted molar refractivity (Wildman–Crippen MR) is 125 cm³/mol. The van der Waals surface area contributed by atoms with Crippen molar-refractivity contribution in [3.63, 3.8) is 0 Å². The minimum absolute atomic E-state index is 0.188. The molecule has 0 fully saturated rings. The molecule has 0 aliphatic rings. The number of aromatic nitrogens is 4. The summed E-state index contributed by atoms with van der Waals surface area (Å²) in [7, 11) is 0. The summed E-state index contributed by atoms with van der Waals surface area (Å²) >= 11 is 0. The van der Waals surface area contributed by atoms with Gasteiger partial charge < -0.3 is 5.32 Å². The molecule has 3 aromatic heterocycles. The molecule has 0 bridgehead atoms. The van der Waals surface area contributed by atoms with E-state index in [0.717, 1.165) is 23.4 Å². The number of pyridine rings is 2. The Balaban J connectivity index is 1.57. The minimum atomic E-state index is -0.497. The van der Waals surface area contributed by atoms with Gasteiger partial charge in [-0.3, -0.25) is 9.97 Å². The Morgan fingerprint density at radius 3 is 2.58 bits per heavy atom. The molecule has 7 heteroatoms. The monoisotopic (exact) mass is 439 g/mol. The van der Waals surface area contributed by atoms with Gasteiger partial charge in [-0.2, -0.15) is 0 Å². The molecule has 0 amide bonds. The van der Waals surface area contributed by atoms with Crippen LogP contribution in [0.1, 0.15) is 5.69 Å². The molecule has 0 aliphatic heterocycles. The van der Waals surface area contributed by atoms with Crippen LogP contribution in [0.25, 0.3) is 33.4 Å². The summed E-state index contributed by atoms with van der Waals surface area (Å²) in [6.07, 6.45) is 5.86. The van der Waals surface area contributed by atoms with E-state index >= 15 is 0 Å². The van der Waals surface area contributed by atoms with Gasteiger partial charge in [-0.25, -0.2) is 18.7 Å². The standard InChI is InChI=1S/C26H19F2N5/c27-19-7-8-23(28)21(15-19)17-6-9-24-22(14-17)26(31-13-10-20-5-1-2-12-30-20)33-25(32-24)18-4-3-11-29-16-18/h1-9,11-12,14-16H,10,13H2,(H,31,32,33). The lowest BCUT2D eigenvalue weighted by Gasteiger charge is -2.13. The summed E-state index contributed by atoms with van der Waals surface area (Å²) in [5, 5.41) is 4.08. The summed E-state index contributed by atoms with van der Waals surface area (Å²) in [6, 6.07) is 18.2. The molecule has 0 atom stereocenters. The van der Waals surface area contributed by atoms with Crippen molar-refractivity contribution >= 4 is 16.7 Å². The first kappa shape index (κ1) is 20.6. The average Bonchev–Trinajstić information content (AvgIpc) is 2.86. The zero-order chi connectivity index (χ0) is 22.6. The van der Waals surface area contributed by atoms with Gasteiger partial charge in [0.1, 0.15) is 17.5 Å². The van der Waals surface area contributed by atoms with Crippen LogP contribution >= 0.6 is 0 Å². The third kappa shape index (κ3) is 4.52. The van der Waals surface area contributed by atoms with Crippen molar-refractivity contribution in [1.29, 1.82) is 0 Å². The predicted octanol–water partition coefficient (Wildman–Crippen LogP) is 5.69. The van der Waals surface area contributed by atoms with Gasteiger partial charge in [0.25, 0.3) is 0 Å². The van der Waals surface area contributed by atoms with Crippen LogP contribution in [0, 0.1) is 11.6 Å². The summed E-state index contributed by atoms with van der Waals surface area (Å²) < 4.78 is 28.2. The first-order chi connectivity index (χ1) is 16.2. The van der Waals surface area contributed by atoms with Crippen LogP contribution in [0.3, 0.4) is 0 Å². The molecule has 0 radical (unpaired) electrons. The quantitative estimate of drug-likeness (QED) is 0.368. The Bertz CT molecular complexity index is 1410. The number of hydrogen-bond acceptors (Lipinski definition) is 5. The Kier molecular flexibility index (Phi) is 5.68. The van der Waals surface area contributed by atoms with Crippen LogP contribution in [0.4, 0.5) is 14.6 Å². The number of nitrogens with one attached hydrogen (secondary N) is 1. The van der Waals surface area contributed by atoms with Crippen molar-refractivity contribution in [2.75, 3.05) is 11.9 Å². The van der Waals surface area contributed by atoms with E-state index in [0.29, 0.717) is 41.1 Å². The maximum atomic E-state index is 14.4. The normalized spacial score (nSPS) is 11.0. The first-order valence-corrected chi connectivity index (χ1v) is 10.5. The molecule has 162 valence electrons. The van der Waals surface area contributed by atoms with Crippen molar-refractivity contribution in [2.45, 2.75) is 6.42 Å². The molecule has 2 aromatic carbocycles. The fourth-order valence-corrected chi connectivity index (χ4v) is 3.63. The van der Waals surface area contributed by atoms with Gasteiger partial charge in [0, 0.05) is 53.8 Å². The van der Waals surface area contributed by atoms with Gasteiger partial charge >= 0.3 is 0 Å². The highest BCUT2D eigenvalue weighted by Crippen LogP contribution is 2.31. The van der Waals surface area contributed by atoms with Crippen LogP contribution in [-0.2, 0) is 6.42 Å². The molecule has 0 spiro atoms. The van der Waals surface area contributed by atoms with Crippen LogP contribution in [0.5, 0.6) is 0 Å². The van der Waals surface area contributed by atoms with Crippen molar-refractivity contribution in [1.82, 2.24) is 19.9 Å². The lowest BCUT2D eigenvalue weighted by molar-refractivity contribution is 0.603. The number of anilines is 1. The second-order valence-electron chi connectivity index (χ2n) is 7.49. The topological polar surface area (TPSA) is 63.6 Å². The van der Waals surface area contributed by atoms with Crippen molar-refractivity contribution in [2.24, 2.45) is 0 Å². The molecule has 5 nitrogen and oxygen atoms in total. The zero-order valence-electron chi connectivity index (χ0n) is 17.5. The fraction of sp³-hybridized carbons (Fsp3) is 0.0769. The highest BCUT2D eigenvalue weighted by atomic mass is 19.1. The van der Waals surface area contributed by atoms with E-state index in [1.807, 2.05) is 30.3 Å². The summed E-state index contributed by atoms with van der Waals surface area (Å²) in [5.41, 5.74) is 3.16. The third-order valence-electron chi connectivity index (χ3n) is 5.25. The molecule has 0 aliphatic carbocycles. The number of benzene rings is 2. The van der Waals surface area contributed by atoms with Crippen LogP contribution in [-0.4, -0.2) is 26.5 Å². The lowest BCUT2D eigenvalue weighted by atomic mass is 10.0.